The Hall–Kier alpha value is -3.15. The Balaban J connectivity index is 1.48. The molecule has 2 aromatic carbocycles. The first-order valence-corrected chi connectivity index (χ1v) is 10.7. The van der Waals surface area contributed by atoms with Crippen LogP contribution in [0.4, 0.5) is 5.13 Å². The molecule has 1 amide bonds. The first kappa shape index (κ1) is 19.2. The molecule has 4 aromatic rings. The number of rotatable bonds is 6. The average Bonchev–Trinajstić information content (AvgIpc) is 3.14. The van der Waals surface area contributed by atoms with E-state index in [1.54, 1.807) is 6.07 Å². The molecule has 0 fully saturated rings. The molecule has 0 radical (unpaired) electrons. The van der Waals surface area contributed by atoms with Gasteiger partial charge in [-0.3, -0.25) is 4.79 Å². The lowest BCUT2D eigenvalue weighted by Crippen LogP contribution is -2.14. The van der Waals surface area contributed by atoms with Gasteiger partial charge >= 0.3 is 0 Å². The van der Waals surface area contributed by atoms with Crippen molar-refractivity contribution in [2.45, 2.75) is 11.9 Å². The van der Waals surface area contributed by atoms with Gasteiger partial charge in [-0.15, -0.1) is 0 Å². The second-order valence-electron chi connectivity index (χ2n) is 6.06. The molecule has 8 heteroatoms. The maximum absolute atomic E-state index is 12.3. The number of thioether (sulfide) groups is 1. The molecule has 0 bridgehead atoms. The van der Waals surface area contributed by atoms with Crippen LogP contribution < -0.4 is 10.1 Å². The molecule has 0 aliphatic rings. The highest BCUT2D eigenvalue weighted by molar-refractivity contribution is 8.00. The van der Waals surface area contributed by atoms with E-state index >= 15 is 0 Å². The van der Waals surface area contributed by atoms with Gasteiger partial charge in [-0.2, -0.15) is 5.26 Å². The number of anilines is 1. The van der Waals surface area contributed by atoms with Gasteiger partial charge in [0.2, 0.25) is 5.91 Å². The molecule has 1 N–H and O–H groups in total. The zero-order valence-electron chi connectivity index (χ0n) is 15.5. The molecule has 2 aromatic heterocycles. The van der Waals surface area contributed by atoms with Crippen molar-refractivity contribution >= 4 is 55.3 Å². The Bertz CT molecular complexity index is 1210. The van der Waals surface area contributed by atoms with Crippen LogP contribution in [0.3, 0.4) is 0 Å². The van der Waals surface area contributed by atoms with Crippen molar-refractivity contribution in [1.82, 2.24) is 9.97 Å². The van der Waals surface area contributed by atoms with Crippen molar-refractivity contribution < 1.29 is 9.53 Å². The minimum absolute atomic E-state index is 0.139. The van der Waals surface area contributed by atoms with Gasteiger partial charge in [0.1, 0.15) is 16.8 Å². The minimum Gasteiger partial charge on any atom is -0.494 e. The van der Waals surface area contributed by atoms with E-state index in [1.165, 1.54) is 23.1 Å². The van der Waals surface area contributed by atoms with E-state index in [0.717, 1.165) is 26.9 Å². The van der Waals surface area contributed by atoms with Crippen molar-refractivity contribution in [3.8, 4) is 11.8 Å². The highest BCUT2D eigenvalue weighted by atomic mass is 32.2. The van der Waals surface area contributed by atoms with Crippen LogP contribution in [-0.2, 0) is 4.79 Å². The van der Waals surface area contributed by atoms with Crippen molar-refractivity contribution in [2.75, 3.05) is 17.7 Å². The fourth-order valence-corrected chi connectivity index (χ4v) is 4.44. The van der Waals surface area contributed by atoms with Crippen LogP contribution in [0, 0.1) is 11.3 Å². The van der Waals surface area contributed by atoms with Crippen LogP contribution in [0.2, 0.25) is 0 Å². The standard InChI is InChI=1S/C21H16N4O2S2/c1-2-27-15-7-8-16-13(10-15)9-14(11-22)20(23-16)28-12-19(26)25-21-24-17-5-3-4-6-18(17)29-21/h3-10H,2,12H2,1H3,(H,24,25,26). The molecular weight excluding hydrogens is 404 g/mol. The molecular formula is C21H16N4O2S2. The number of amides is 1. The van der Waals surface area contributed by atoms with Crippen LogP contribution in [0.5, 0.6) is 5.75 Å². The number of hydrogen-bond donors (Lipinski definition) is 1. The minimum atomic E-state index is -0.188. The second kappa shape index (κ2) is 8.47. The van der Waals surface area contributed by atoms with Gasteiger partial charge in [0.15, 0.2) is 5.13 Å². The number of nitrogens with zero attached hydrogens (tertiary/aromatic N) is 3. The number of carbonyl (C=O) groups is 1. The first-order chi connectivity index (χ1) is 14.2. The summed E-state index contributed by atoms with van der Waals surface area (Å²) in [5.74, 6) is 0.688. The van der Waals surface area contributed by atoms with E-state index < -0.39 is 0 Å². The molecule has 0 saturated carbocycles. The van der Waals surface area contributed by atoms with Gasteiger partial charge in [-0.05, 0) is 43.3 Å². The number of benzene rings is 2. The fraction of sp³-hybridized carbons (Fsp3) is 0.143. The third-order valence-corrected chi connectivity index (χ3v) is 6.01. The predicted octanol–water partition coefficient (Wildman–Crippen LogP) is 4.85. The Morgan fingerprint density at radius 2 is 2.07 bits per heavy atom. The summed E-state index contributed by atoms with van der Waals surface area (Å²) < 4.78 is 6.52. The summed E-state index contributed by atoms with van der Waals surface area (Å²) in [5.41, 5.74) is 2.04. The molecule has 0 unspecified atom stereocenters. The third kappa shape index (κ3) is 4.31. The monoisotopic (exact) mass is 420 g/mol. The SMILES string of the molecule is CCOc1ccc2nc(SCC(=O)Nc3nc4ccccc4s3)c(C#N)cc2c1. The van der Waals surface area contributed by atoms with E-state index in [4.69, 9.17) is 4.74 Å². The summed E-state index contributed by atoms with van der Waals surface area (Å²) in [7, 11) is 0. The van der Waals surface area contributed by atoms with Crippen LogP contribution in [0.1, 0.15) is 12.5 Å². The summed E-state index contributed by atoms with van der Waals surface area (Å²) in [6, 6.07) is 17.2. The van der Waals surface area contributed by atoms with E-state index in [9.17, 15) is 10.1 Å². The molecule has 29 heavy (non-hydrogen) atoms. The number of pyridine rings is 1. The highest BCUT2D eigenvalue weighted by Crippen LogP contribution is 2.28. The maximum atomic E-state index is 12.3. The number of thiazole rings is 1. The lowest BCUT2D eigenvalue weighted by Gasteiger charge is -2.08. The lowest BCUT2D eigenvalue weighted by molar-refractivity contribution is -0.113. The summed E-state index contributed by atoms with van der Waals surface area (Å²) in [6.07, 6.45) is 0. The van der Waals surface area contributed by atoms with Crippen molar-refractivity contribution in [3.63, 3.8) is 0 Å². The molecule has 0 atom stereocenters. The molecule has 4 rings (SSSR count). The number of nitriles is 1. The topological polar surface area (TPSA) is 87.9 Å². The van der Waals surface area contributed by atoms with Gasteiger partial charge < -0.3 is 10.1 Å². The number of carbonyl (C=O) groups excluding carboxylic acids is 1. The van der Waals surface area contributed by atoms with Crippen LogP contribution in [-0.4, -0.2) is 28.2 Å². The van der Waals surface area contributed by atoms with Crippen LogP contribution >= 0.6 is 23.1 Å². The van der Waals surface area contributed by atoms with E-state index in [0.29, 0.717) is 22.3 Å². The maximum Gasteiger partial charge on any atom is 0.236 e. The van der Waals surface area contributed by atoms with Crippen molar-refractivity contribution in [2.24, 2.45) is 0 Å². The molecule has 0 aliphatic carbocycles. The Morgan fingerprint density at radius 3 is 2.86 bits per heavy atom. The largest absolute Gasteiger partial charge is 0.494 e. The fourth-order valence-electron chi connectivity index (χ4n) is 2.80. The first-order valence-electron chi connectivity index (χ1n) is 8.92. The van der Waals surface area contributed by atoms with E-state index in [2.05, 4.69) is 21.4 Å². The van der Waals surface area contributed by atoms with Gasteiger partial charge in [-0.25, -0.2) is 9.97 Å². The quantitative estimate of drug-likeness (QED) is 0.449. The second-order valence-corrected chi connectivity index (χ2v) is 8.06. The van der Waals surface area contributed by atoms with Crippen LogP contribution in [0.25, 0.3) is 21.1 Å². The number of hydrogen-bond acceptors (Lipinski definition) is 7. The van der Waals surface area contributed by atoms with E-state index in [-0.39, 0.29) is 11.7 Å². The molecule has 144 valence electrons. The summed E-state index contributed by atoms with van der Waals surface area (Å²) in [4.78, 5) is 21.3. The van der Waals surface area contributed by atoms with Gasteiger partial charge in [0.05, 0.1) is 33.7 Å². The van der Waals surface area contributed by atoms with Crippen molar-refractivity contribution in [1.29, 1.82) is 5.26 Å². The third-order valence-electron chi connectivity index (χ3n) is 4.06. The molecule has 6 nitrogen and oxygen atoms in total. The molecule has 0 aliphatic heterocycles. The van der Waals surface area contributed by atoms with Crippen molar-refractivity contribution in [3.05, 3.63) is 54.1 Å². The number of ether oxygens (including phenoxy) is 1. The summed E-state index contributed by atoms with van der Waals surface area (Å²) >= 11 is 2.67. The number of aromatic nitrogens is 2. The Labute approximate surface area is 175 Å². The highest BCUT2D eigenvalue weighted by Gasteiger charge is 2.12. The zero-order chi connectivity index (χ0) is 20.2. The van der Waals surface area contributed by atoms with Crippen LogP contribution in [0.15, 0.2) is 53.6 Å². The number of para-hydroxylation sites is 1. The predicted molar refractivity (Wildman–Crippen MR) is 117 cm³/mol. The van der Waals surface area contributed by atoms with Gasteiger partial charge in [-0.1, -0.05) is 35.2 Å². The van der Waals surface area contributed by atoms with E-state index in [1.807, 2.05) is 49.4 Å². The Kier molecular flexibility index (Phi) is 5.60. The number of nitrogens with one attached hydrogen (secondary N) is 1. The Morgan fingerprint density at radius 1 is 1.21 bits per heavy atom. The van der Waals surface area contributed by atoms with Gasteiger partial charge in [0.25, 0.3) is 0 Å². The summed E-state index contributed by atoms with van der Waals surface area (Å²) in [6.45, 7) is 2.49. The smallest absolute Gasteiger partial charge is 0.236 e. The van der Waals surface area contributed by atoms with Gasteiger partial charge in [0, 0.05) is 5.39 Å². The summed E-state index contributed by atoms with van der Waals surface area (Å²) in [5, 5.41) is 14.2. The zero-order valence-corrected chi connectivity index (χ0v) is 17.1. The number of fused-ring (bicyclic) bond motifs is 2. The molecule has 2 heterocycles. The normalized spacial score (nSPS) is 10.8. The lowest BCUT2D eigenvalue weighted by atomic mass is 10.1. The molecule has 0 saturated heterocycles. The molecule has 0 spiro atoms. The average molecular weight is 421 g/mol.